The average molecular weight is 460 g/mol. The molecule has 1 saturated heterocycles. The molecular formula is C25H20N2O7. The highest BCUT2D eigenvalue weighted by atomic mass is 16.6. The van der Waals surface area contributed by atoms with Crippen LogP contribution in [0, 0.1) is 10.1 Å². The summed E-state index contributed by atoms with van der Waals surface area (Å²) in [7, 11) is 2.91. The molecule has 0 spiro atoms. The van der Waals surface area contributed by atoms with E-state index in [1.54, 1.807) is 48.5 Å². The van der Waals surface area contributed by atoms with Crippen molar-refractivity contribution in [3.8, 4) is 11.5 Å². The topological polar surface area (TPSA) is 119 Å². The second kappa shape index (κ2) is 9.07. The van der Waals surface area contributed by atoms with Crippen molar-refractivity contribution in [3.05, 3.63) is 99.6 Å². The first-order chi connectivity index (χ1) is 16.4. The Morgan fingerprint density at radius 2 is 1.71 bits per heavy atom. The van der Waals surface area contributed by atoms with Crippen LogP contribution in [0.5, 0.6) is 11.5 Å². The van der Waals surface area contributed by atoms with Crippen LogP contribution in [0.4, 0.5) is 11.4 Å². The minimum absolute atomic E-state index is 0.131. The van der Waals surface area contributed by atoms with Crippen LogP contribution in [-0.4, -0.2) is 35.9 Å². The third kappa shape index (κ3) is 3.83. The lowest BCUT2D eigenvalue weighted by molar-refractivity contribution is -0.384. The Labute approximate surface area is 194 Å². The third-order valence-electron chi connectivity index (χ3n) is 5.55. The number of aliphatic hydroxyl groups is 1. The van der Waals surface area contributed by atoms with Crippen LogP contribution in [0.2, 0.25) is 0 Å². The molecule has 9 nitrogen and oxygen atoms in total. The molecule has 0 bridgehead atoms. The largest absolute Gasteiger partial charge is 0.507 e. The fourth-order valence-electron chi connectivity index (χ4n) is 3.95. The molecule has 9 heteroatoms. The van der Waals surface area contributed by atoms with Crippen LogP contribution in [0.3, 0.4) is 0 Å². The van der Waals surface area contributed by atoms with Crippen LogP contribution in [0.25, 0.3) is 5.76 Å². The van der Waals surface area contributed by atoms with Crippen LogP contribution in [-0.2, 0) is 9.59 Å². The maximum atomic E-state index is 13.2. The van der Waals surface area contributed by atoms with Gasteiger partial charge in [0.15, 0.2) is 0 Å². The minimum Gasteiger partial charge on any atom is -0.507 e. The van der Waals surface area contributed by atoms with Crippen LogP contribution in [0.15, 0.2) is 78.4 Å². The van der Waals surface area contributed by atoms with Gasteiger partial charge in [-0.15, -0.1) is 0 Å². The second-order valence-electron chi connectivity index (χ2n) is 7.42. The smallest absolute Gasteiger partial charge is 0.300 e. The quantitative estimate of drug-likeness (QED) is 0.192. The zero-order valence-electron chi connectivity index (χ0n) is 18.3. The highest BCUT2D eigenvalue weighted by molar-refractivity contribution is 6.51. The van der Waals surface area contributed by atoms with Gasteiger partial charge in [-0.1, -0.05) is 36.4 Å². The molecule has 3 aromatic carbocycles. The molecule has 172 valence electrons. The molecule has 1 atom stereocenters. The summed E-state index contributed by atoms with van der Waals surface area (Å²) in [6, 6.07) is 17.5. The molecule has 1 amide bonds. The number of nitro benzene ring substituents is 1. The van der Waals surface area contributed by atoms with Gasteiger partial charge < -0.3 is 14.6 Å². The number of ketones is 1. The Kier molecular flexibility index (Phi) is 6.01. The van der Waals surface area contributed by atoms with E-state index >= 15 is 0 Å². The SMILES string of the molecule is COc1ccc([C@@H]2C(=C(O)c3ccccc3)C(=O)C(=O)N2c2cccc([N+](=O)[O-])c2)c(OC)c1. The van der Waals surface area contributed by atoms with Crippen LogP contribution in [0.1, 0.15) is 17.2 Å². The predicted octanol–water partition coefficient (Wildman–Crippen LogP) is 4.24. The first kappa shape index (κ1) is 22.5. The van der Waals surface area contributed by atoms with Gasteiger partial charge >= 0.3 is 0 Å². The number of nitrogens with zero attached hydrogens (tertiary/aromatic N) is 2. The lowest BCUT2D eigenvalue weighted by Gasteiger charge is -2.26. The van der Waals surface area contributed by atoms with Gasteiger partial charge in [0.25, 0.3) is 17.4 Å². The fraction of sp³-hybridized carbons (Fsp3) is 0.120. The van der Waals surface area contributed by atoms with Gasteiger partial charge in [-0.25, -0.2) is 0 Å². The Morgan fingerprint density at radius 3 is 2.35 bits per heavy atom. The molecule has 0 aliphatic carbocycles. The number of aliphatic hydroxyl groups excluding tert-OH is 1. The molecule has 1 fully saturated rings. The standard InChI is InChI=1S/C25H20N2O7/c1-33-18-11-12-19(20(14-18)34-2)22-21(23(28)15-7-4-3-5-8-15)24(29)25(30)26(22)16-9-6-10-17(13-16)27(31)32/h3-14,22,28H,1-2H3/t22-/m1/s1. The molecule has 1 aliphatic heterocycles. The van der Waals surface area contributed by atoms with Crippen molar-refractivity contribution in [2.24, 2.45) is 0 Å². The van der Waals surface area contributed by atoms with Gasteiger partial charge in [-0.05, 0) is 18.2 Å². The summed E-state index contributed by atoms with van der Waals surface area (Å²) in [5.74, 6) is -1.43. The number of benzene rings is 3. The number of ether oxygens (including phenoxy) is 2. The van der Waals surface area contributed by atoms with E-state index in [-0.39, 0.29) is 22.7 Å². The van der Waals surface area contributed by atoms with E-state index in [4.69, 9.17) is 9.47 Å². The average Bonchev–Trinajstić information content (AvgIpc) is 3.13. The number of carbonyl (C=O) groups excluding carboxylic acids is 2. The Morgan fingerprint density at radius 1 is 0.971 bits per heavy atom. The van der Waals surface area contributed by atoms with E-state index < -0.39 is 22.7 Å². The summed E-state index contributed by atoms with van der Waals surface area (Å²) in [6.07, 6.45) is 0. The molecular weight excluding hydrogens is 440 g/mol. The summed E-state index contributed by atoms with van der Waals surface area (Å²) in [6.45, 7) is 0. The van der Waals surface area contributed by atoms with Crippen LogP contribution >= 0.6 is 0 Å². The minimum atomic E-state index is -1.11. The number of methoxy groups -OCH3 is 2. The maximum Gasteiger partial charge on any atom is 0.300 e. The Bertz CT molecular complexity index is 1320. The summed E-state index contributed by atoms with van der Waals surface area (Å²) >= 11 is 0. The van der Waals surface area contributed by atoms with Gasteiger partial charge in [0.1, 0.15) is 17.3 Å². The summed E-state index contributed by atoms with van der Waals surface area (Å²) in [5.41, 5.74) is 0.462. The molecule has 0 unspecified atom stereocenters. The van der Waals surface area contributed by atoms with Crippen molar-refractivity contribution in [2.75, 3.05) is 19.1 Å². The summed E-state index contributed by atoms with van der Waals surface area (Å²) < 4.78 is 10.8. The molecule has 0 aromatic heterocycles. The van der Waals surface area contributed by atoms with Crippen molar-refractivity contribution < 1.29 is 29.1 Å². The molecule has 4 rings (SSSR count). The molecule has 1 aliphatic rings. The van der Waals surface area contributed by atoms with Gasteiger partial charge in [0.2, 0.25) is 0 Å². The van der Waals surface area contributed by atoms with Crippen molar-refractivity contribution in [1.82, 2.24) is 0 Å². The second-order valence-corrected chi connectivity index (χ2v) is 7.42. The molecule has 3 aromatic rings. The first-order valence-electron chi connectivity index (χ1n) is 10.2. The maximum absolute atomic E-state index is 13.2. The van der Waals surface area contributed by atoms with E-state index in [1.165, 1.54) is 38.5 Å². The molecule has 1 N–H and O–H groups in total. The summed E-state index contributed by atoms with van der Waals surface area (Å²) in [4.78, 5) is 38.3. The number of rotatable bonds is 6. The van der Waals surface area contributed by atoms with Crippen molar-refractivity contribution in [1.29, 1.82) is 0 Å². The van der Waals surface area contributed by atoms with Gasteiger partial charge in [-0.3, -0.25) is 24.6 Å². The van der Waals surface area contributed by atoms with Gasteiger partial charge in [0, 0.05) is 29.3 Å². The summed E-state index contributed by atoms with van der Waals surface area (Å²) in [5, 5.41) is 22.5. The lowest BCUT2D eigenvalue weighted by Crippen LogP contribution is -2.29. The van der Waals surface area contributed by atoms with E-state index in [2.05, 4.69) is 0 Å². The molecule has 34 heavy (non-hydrogen) atoms. The molecule has 1 heterocycles. The lowest BCUT2D eigenvalue weighted by atomic mass is 9.94. The van der Waals surface area contributed by atoms with E-state index in [0.717, 1.165) is 4.90 Å². The monoisotopic (exact) mass is 460 g/mol. The Balaban J connectivity index is 2.00. The molecule has 0 radical (unpaired) electrons. The van der Waals surface area contributed by atoms with Gasteiger partial charge in [-0.2, -0.15) is 0 Å². The van der Waals surface area contributed by atoms with Gasteiger partial charge in [0.05, 0.1) is 36.4 Å². The number of hydrogen-bond donors (Lipinski definition) is 1. The van der Waals surface area contributed by atoms with Crippen molar-refractivity contribution in [3.63, 3.8) is 0 Å². The zero-order chi connectivity index (χ0) is 24.4. The number of nitro groups is 1. The number of carbonyl (C=O) groups is 2. The van der Waals surface area contributed by atoms with Crippen molar-refractivity contribution >= 4 is 28.8 Å². The normalized spacial score (nSPS) is 17.0. The molecule has 0 saturated carbocycles. The number of anilines is 1. The predicted molar refractivity (Wildman–Crippen MR) is 124 cm³/mol. The number of amides is 1. The number of hydrogen-bond acceptors (Lipinski definition) is 7. The van der Waals surface area contributed by atoms with Crippen LogP contribution < -0.4 is 14.4 Å². The zero-order valence-corrected chi connectivity index (χ0v) is 18.3. The Hall–Kier alpha value is -4.66. The van der Waals surface area contributed by atoms with E-state index in [9.17, 15) is 24.8 Å². The highest BCUT2D eigenvalue weighted by Crippen LogP contribution is 2.46. The highest BCUT2D eigenvalue weighted by Gasteiger charge is 2.48. The van der Waals surface area contributed by atoms with E-state index in [0.29, 0.717) is 22.6 Å². The van der Waals surface area contributed by atoms with E-state index in [1.807, 2.05) is 0 Å². The fourth-order valence-corrected chi connectivity index (χ4v) is 3.95. The number of Topliss-reactive ketones (excluding diaryl/α,β-unsaturated/α-hetero) is 1. The third-order valence-corrected chi connectivity index (χ3v) is 5.55. The first-order valence-corrected chi connectivity index (χ1v) is 10.2. The van der Waals surface area contributed by atoms with Crippen molar-refractivity contribution in [2.45, 2.75) is 6.04 Å². The number of non-ortho nitro benzene ring substituents is 1.